The van der Waals surface area contributed by atoms with Crippen LogP contribution in [0.15, 0.2) is 24.3 Å². The molecule has 1 aromatic rings. The van der Waals surface area contributed by atoms with Crippen LogP contribution in [-0.2, 0) is 4.79 Å². The maximum atomic E-state index is 12.0. The van der Waals surface area contributed by atoms with Crippen molar-refractivity contribution in [1.82, 2.24) is 4.90 Å². The van der Waals surface area contributed by atoms with Gasteiger partial charge in [-0.2, -0.15) is 0 Å². The zero-order valence-corrected chi connectivity index (χ0v) is 12.2. The molecule has 0 radical (unpaired) electrons. The van der Waals surface area contributed by atoms with Crippen LogP contribution in [0.3, 0.4) is 0 Å². The first kappa shape index (κ1) is 14.7. The molecule has 2 rings (SSSR count). The molecule has 1 aromatic carbocycles. The maximum Gasteiger partial charge on any atom is 0.224 e. The smallest absolute Gasteiger partial charge is 0.224 e. The predicted octanol–water partition coefficient (Wildman–Crippen LogP) is 1.08. The third-order valence-electron chi connectivity index (χ3n) is 3.60. The summed E-state index contributed by atoms with van der Waals surface area (Å²) in [4.78, 5) is 15.8. The van der Waals surface area contributed by atoms with Crippen LogP contribution in [0.25, 0.3) is 0 Å². The summed E-state index contributed by atoms with van der Waals surface area (Å²) in [7, 11) is 3.55. The summed E-state index contributed by atoms with van der Waals surface area (Å²) in [6, 6.07) is 7.96. The third-order valence-corrected chi connectivity index (χ3v) is 3.60. The Bertz CT molecular complexity index is 462. The first-order chi connectivity index (χ1) is 9.63. The minimum Gasteiger partial charge on any atom is -0.491 e. The van der Waals surface area contributed by atoms with Gasteiger partial charge in [0.2, 0.25) is 5.91 Å². The van der Waals surface area contributed by atoms with Crippen molar-refractivity contribution in [2.24, 2.45) is 5.73 Å². The highest BCUT2D eigenvalue weighted by molar-refractivity contribution is 5.77. The van der Waals surface area contributed by atoms with E-state index in [9.17, 15) is 4.79 Å². The molecular formula is C15H23N3O2. The highest BCUT2D eigenvalue weighted by Crippen LogP contribution is 2.32. The average Bonchev–Trinajstić information content (AvgIpc) is 2.66. The van der Waals surface area contributed by atoms with Crippen molar-refractivity contribution in [2.45, 2.75) is 18.9 Å². The molecule has 0 saturated carbocycles. The number of para-hydroxylation sites is 2. The molecule has 1 unspecified atom stereocenters. The standard InChI is InChI=1S/C15H23N3O2/c1-17(2)15(19)10-12(11-16)18-8-5-9-20-14-7-4-3-6-13(14)18/h3-4,6-7,12H,5,8-11,16H2,1-2H3. The second-order valence-corrected chi connectivity index (χ2v) is 5.24. The molecule has 5 nitrogen and oxygen atoms in total. The van der Waals surface area contributed by atoms with Gasteiger partial charge in [-0.05, 0) is 18.6 Å². The quantitative estimate of drug-likeness (QED) is 0.895. The summed E-state index contributed by atoms with van der Waals surface area (Å²) >= 11 is 0. The fourth-order valence-electron chi connectivity index (χ4n) is 2.44. The number of carbonyl (C=O) groups excluding carboxylic acids is 1. The summed E-state index contributed by atoms with van der Waals surface area (Å²) in [5.41, 5.74) is 6.94. The number of nitrogens with zero attached hydrogens (tertiary/aromatic N) is 2. The van der Waals surface area contributed by atoms with E-state index >= 15 is 0 Å². The monoisotopic (exact) mass is 277 g/mol. The van der Waals surface area contributed by atoms with Gasteiger partial charge in [-0.1, -0.05) is 12.1 Å². The van der Waals surface area contributed by atoms with Gasteiger partial charge in [0.1, 0.15) is 5.75 Å². The second kappa shape index (κ2) is 6.61. The second-order valence-electron chi connectivity index (χ2n) is 5.24. The lowest BCUT2D eigenvalue weighted by Crippen LogP contribution is -2.44. The zero-order chi connectivity index (χ0) is 14.5. The Morgan fingerprint density at radius 1 is 1.45 bits per heavy atom. The van der Waals surface area contributed by atoms with Crippen LogP contribution < -0.4 is 15.4 Å². The number of hydrogen-bond donors (Lipinski definition) is 1. The lowest BCUT2D eigenvalue weighted by Gasteiger charge is -2.32. The SMILES string of the molecule is CN(C)C(=O)CC(CN)N1CCCOc2ccccc21. The topological polar surface area (TPSA) is 58.8 Å². The van der Waals surface area contributed by atoms with Gasteiger partial charge in [0.15, 0.2) is 0 Å². The van der Waals surface area contributed by atoms with Crippen molar-refractivity contribution in [3.8, 4) is 5.75 Å². The highest BCUT2D eigenvalue weighted by atomic mass is 16.5. The number of amides is 1. The Kier molecular flexibility index (Phi) is 4.84. The van der Waals surface area contributed by atoms with E-state index in [4.69, 9.17) is 10.5 Å². The lowest BCUT2D eigenvalue weighted by molar-refractivity contribution is -0.129. The average molecular weight is 277 g/mol. The zero-order valence-electron chi connectivity index (χ0n) is 12.2. The molecule has 0 saturated heterocycles. The number of ether oxygens (including phenoxy) is 1. The van der Waals surface area contributed by atoms with Gasteiger partial charge in [0.05, 0.1) is 18.3 Å². The molecule has 1 atom stereocenters. The molecule has 1 heterocycles. The summed E-state index contributed by atoms with van der Waals surface area (Å²) in [5, 5.41) is 0. The van der Waals surface area contributed by atoms with Crippen molar-refractivity contribution in [2.75, 3.05) is 38.7 Å². The Hall–Kier alpha value is -1.75. The van der Waals surface area contributed by atoms with Gasteiger partial charge < -0.3 is 20.3 Å². The summed E-state index contributed by atoms with van der Waals surface area (Å²) in [5.74, 6) is 0.976. The van der Waals surface area contributed by atoms with E-state index in [1.165, 1.54) is 0 Å². The Balaban J connectivity index is 2.22. The van der Waals surface area contributed by atoms with Gasteiger partial charge in [0.25, 0.3) is 0 Å². The van der Waals surface area contributed by atoms with Gasteiger partial charge in [0, 0.05) is 33.6 Å². The Labute approximate surface area is 120 Å². The Morgan fingerprint density at radius 3 is 2.90 bits per heavy atom. The van der Waals surface area contributed by atoms with Crippen LogP contribution in [0.2, 0.25) is 0 Å². The summed E-state index contributed by atoms with van der Waals surface area (Å²) in [6.45, 7) is 2.01. The number of rotatable bonds is 4. The van der Waals surface area contributed by atoms with E-state index in [0.29, 0.717) is 19.6 Å². The summed E-state index contributed by atoms with van der Waals surface area (Å²) in [6.07, 6.45) is 1.36. The van der Waals surface area contributed by atoms with E-state index in [2.05, 4.69) is 4.90 Å². The number of hydrogen-bond acceptors (Lipinski definition) is 4. The molecule has 0 aromatic heterocycles. The van der Waals surface area contributed by atoms with E-state index in [1.54, 1.807) is 19.0 Å². The van der Waals surface area contributed by atoms with E-state index in [1.807, 2.05) is 24.3 Å². The number of carbonyl (C=O) groups is 1. The van der Waals surface area contributed by atoms with Gasteiger partial charge in [-0.15, -0.1) is 0 Å². The van der Waals surface area contributed by atoms with Gasteiger partial charge in [-0.3, -0.25) is 4.79 Å². The van der Waals surface area contributed by atoms with E-state index in [0.717, 1.165) is 24.4 Å². The largest absolute Gasteiger partial charge is 0.491 e. The molecule has 2 N–H and O–H groups in total. The van der Waals surface area contributed by atoms with Crippen molar-refractivity contribution in [3.63, 3.8) is 0 Å². The highest BCUT2D eigenvalue weighted by Gasteiger charge is 2.25. The molecule has 20 heavy (non-hydrogen) atoms. The molecule has 1 aliphatic rings. The number of nitrogens with two attached hydrogens (primary N) is 1. The molecular weight excluding hydrogens is 254 g/mol. The molecule has 0 aliphatic carbocycles. The molecule has 110 valence electrons. The molecule has 1 aliphatic heterocycles. The summed E-state index contributed by atoms with van der Waals surface area (Å²) < 4.78 is 5.75. The van der Waals surface area contributed by atoms with Crippen molar-refractivity contribution < 1.29 is 9.53 Å². The van der Waals surface area contributed by atoms with Gasteiger partial charge in [-0.25, -0.2) is 0 Å². The van der Waals surface area contributed by atoms with Crippen molar-refractivity contribution in [1.29, 1.82) is 0 Å². The van der Waals surface area contributed by atoms with Crippen LogP contribution in [0.1, 0.15) is 12.8 Å². The number of benzene rings is 1. The van der Waals surface area contributed by atoms with Crippen molar-refractivity contribution >= 4 is 11.6 Å². The van der Waals surface area contributed by atoms with Crippen molar-refractivity contribution in [3.05, 3.63) is 24.3 Å². The minimum atomic E-state index is 0.00718. The first-order valence-electron chi connectivity index (χ1n) is 7.02. The third kappa shape index (κ3) is 3.22. The molecule has 1 amide bonds. The van der Waals surface area contributed by atoms with Crippen LogP contribution >= 0.6 is 0 Å². The molecule has 0 fully saturated rings. The predicted molar refractivity (Wildman–Crippen MR) is 80.1 cm³/mol. The molecule has 0 spiro atoms. The Morgan fingerprint density at radius 2 is 2.20 bits per heavy atom. The van der Waals surface area contributed by atoms with Crippen LogP contribution in [0, 0.1) is 0 Å². The van der Waals surface area contributed by atoms with Crippen LogP contribution in [0.5, 0.6) is 5.75 Å². The van der Waals surface area contributed by atoms with Crippen LogP contribution in [0.4, 0.5) is 5.69 Å². The van der Waals surface area contributed by atoms with E-state index < -0.39 is 0 Å². The van der Waals surface area contributed by atoms with Gasteiger partial charge >= 0.3 is 0 Å². The normalized spacial score (nSPS) is 15.8. The fraction of sp³-hybridized carbons (Fsp3) is 0.533. The minimum absolute atomic E-state index is 0.00718. The maximum absolute atomic E-state index is 12.0. The number of fused-ring (bicyclic) bond motifs is 1. The lowest BCUT2D eigenvalue weighted by atomic mass is 10.1. The molecule has 5 heteroatoms. The van der Waals surface area contributed by atoms with E-state index in [-0.39, 0.29) is 11.9 Å². The van der Waals surface area contributed by atoms with Crippen LogP contribution in [-0.4, -0.2) is 50.6 Å². The first-order valence-corrected chi connectivity index (χ1v) is 7.02. The molecule has 0 bridgehead atoms. The fourth-order valence-corrected chi connectivity index (χ4v) is 2.44. The number of anilines is 1.